The van der Waals surface area contributed by atoms with E-state index in [1.165, 1.54) is 0 Å². The highest BCUT2D eigenvalue weighted by atomic mass is 16.3. The van der Waals surface area contributed by atoms with Gasteiger partial charge in [0.1, 0.15) is 11.2 Å². The van der Waals surface area contributed by atoms with Gasteiger partial charge in [-0.15, -0.1) is 0 Å². The fourth-order valence-electron chi connectivity index (χ4n) is 3.31. The summed E-state index contributed by atoms with van der Waals surface area (Å²) in [6, 6.07) is 18.5. The molecule has 3 nitrogen and oxygen atoms in total. The highest BCUT2D eigenvalue weighted by molar-refractivity contribution is 6.16. The zero-order valence-corrected chi connectivity index (χ0v) is 13.2. The second kappa shape index (κ2) is 4.90. The molecular weight excluding hydrogens is 296 g/mol. The fraction of sp³-hybridized carbons (Fsp3) is 0.0476. The molecule has 3 aromatic heterocycles. The van der Waals surface area contributed by atoms with Crippen LogP contribution < -0.4 is 0 Å². The molecule has 0 aliphatic carbocycles. The summed E-state index contributed by atoms with van der Waals surface area (Å²) in [5.74, 6) is 0. The second-order valence-corrected chi connectivity index (χ2v) is 5.99. The third kappa shape index (κ3) is 1.85. The number of fused-ring (bicyclic) bond motifs is 5. The Labute approximate surface area is 138 Å². The molecule has 0 N–H and O–H groups in total. The largest absolute Gasteiger partial charge is 0.455 e. The second-order valence-electron chi connectivity index (χ2n) is 5.99. The molecule has 3 heterocycles. The first-order valence-electron chi connectivity index (χ1n) is 7.93. The number of hydrogen-bond donors (Lipinski definition) is 0. The average molecular weight is 310 g/mol. The molecule has 2 aromatic carbocycles. The fourth-order valence-corrected chi connectivity index (χ4v) is 3.31. The van der Waals surface area contributed by atoms with E-state index in [9.17, 15) is 0 Å². The van der Waals surface area contributed by atoms with Gasteiger partial charge in [0.2, 0.25) is 0 Å². The molecule has 0 saturated carbocycles. The van der Waals surface area contributed by atoms with Crippen LogP contribution in [-0.2, 0) is 0 Å². The zero-order valence-electron chi connectivity index (χ0n) is 13.2. The Hall–Kier alpha value is -3.20. The van der Waals surface area contributed by atoms with E-state index in [2.05, 4.69) is 46.4 Å². The predicted octanol–water partition coefficient (Wildman–Crippen LogP) is 5.50. The van der Waals surface area contributed by atoms with Gasteiger partial charge in [-0.1, -0.05) is 24.3 Å². The molecule has 0 amide bonds. The van der Waals surface area contributed by atoms with Crippen LogP contribution in [0.5, 0.6) is 0 Å². The summed E-state index contributed by atoms with van der Waals surface area (Å²) in [4.78, 5) is 8.91. The van der Waals surface area contributed by atoms with Crippen molar-refractivity contribution in [3.8, 4) is 11.3 Å². The van der Waals surface area contributed by atoms with E-state index in [1.54, 1.807) is 6.20 Å². The standard InChI is InChI=1S/C21H14N2O/c1-13-11-14-8-9-16-15-5-4-6-17(19-7-2-3-10-22-19)20(15)24-21(16)18(14)12-23-13/h2-12H,1H3. The molecular formula is C21H14N2O. The van der Waals surface area contributed by atoms with Crippen molar-refractivity contribution in [1.82, 2.24) is 9.97 Å². The summed E-state index contributed by atoms with van der Waals surface area (Å²) in [5, 5.41) is 4.41. The summed E-state index contributed by atoms with van der Waals surface area (Å²) in [6.45, 7) is 2.00. The molecule has 3 heteroatoms. The van der Waals surface area contributed by atoms with Crippen molar-refractivity contribution < 1.29 is 4.42 Å². The molecule has 5 aromatic rings. The Kier molecular flexibility index (Phi) is 2.71. The quantitative estimate of drug-likeness (QED) is 0.410. The Morgan fingerprint density at radius 3 is 2.58 bits per heavy atom. The Bertz CT molecular complexity index is 1210. The lowest BCUT2D eigenvalue weighted by Gasteiger charge is -2.00. The summed E-state index contributed by atoms with van der Waals surface area (Å²) < 4.78 is 6.31. The normalized spacial score (nSPS) is 11.5. The van der Waals surface area contributed by atoms with Crippen LogP contribution >= 0.6 is 0 Å². The van der Waals surface area contributed by atoms with E-state index >= 15 is 0 Å². The van der Waals surface area contributed by atoms with E-state index in [0.29, 0.717) is 0 Å². The number of aromatic nitrogens is 2. The molecule has 114 valence electrons. The number of furan rings is 1. The van der Waals surface area contributed by atoms with Gasteiger partial charge in [-0.05, 0) is 42.6 Å². The molecule has 0 bridgehead atoms. The van der Waals surface area contributed by atoms with Crippen molar-refractivity contribution in [2.24, 2.45) is 0 Å². The van der Waals surface area contributed by atoms with Crippen molar-refractivity contribution in [2.75, 3.05) is 0 Å². The maximum Gasteiger partial charge on any atom is 0.144 e. The average Bonchev–Trinajstić information content (AvgIpc) is 3.01. The van der Waals surface area contributed by atoms with Gasteiger partial charge >= 0.3 is 0 Å². The number of pyridine rings is 2. The minimum Gasteiger partial charge on any atom is -0.455 e. The van der Waals surface area contributed by atoms with Crippen LogP contribution in [0.3, 0.4) is 0 Å². The number of aryl methyl sites for hydroxylation is 1. The zero-order chi connectivity index (χ0) is 16.1. The van der Waals surface area contributed by atoms with Crippen LogP contribution in [0.1, 0.15) is 5.69 Å². The molecule has 0 fully saturated rings. The van der Waals surface area contributed by atoms with Gasteiger partial charge in [0.25, 0.3) is 0 Å². The third-order valence-electron chi connectivity index (χ3n) is 4.44. The summed E-state index contributed by atoms with van der Waals surface area (Å²) in [6.07, 6.45) is 3.70. The topological polar surface area (TPSA) is 38.9 Å². The minimum absolute atomic E-state index is 0.874. The molecule has 0 saturated heterocycles. The van der Waals surface area contributed by atoms with Gasteiger partial charge < -0.3 is 4.42 Å². The number of nitrogens with zero attached hydrogens (tertiary/aromatic N) is 2. The maximum absolute atomic E-state index is 6.31. The first-order chi connectivity index (χ1) is 11.8. The molecule has 5 rings (SSSR count). The molecule has 0 aliphatic heterocycles. The van der Waals surface area contributed by atoms with Crippen molar-refractivity contribution in [2.45, 2.75) is 6.92 Å². The molecule has 0 spiro atoms. The van der Waals surface area contributed by atoms with Crippen LogP contribution in [0.4, 0.5) is 0 Å². The number of benzene rings is 2. The van der Waals surface area contributed by atoms with E-state index in [4.69, 9.17) is 4.42 Å². The van der Waals surface area contributed by atoms with Crippen molar-refractivity contribution in [1.29, 1.82) is 0 Å². The van der Waals surface area contributed by atoms with Gasteiger partial charge in [-0.25, -0.2) is 0 Å². The lowest BCUT2D eigenvalue weighted by atomic mass is 10.0. The van der Waals surface area contributed by atoms with Gasteiger partial charge in [0.15, 0.2) is 0 Å². The van der Waals surface area contributed by atoms with Crippen molar-refractivity contribution in [3.05, 3.63) is 72.7 Å². The van der Waals surface area contributed by atoms with E-state index in [0.717, 1.165) is 49.7 Å². The summed E-state index contributed by atoms with van der Waals surface area (Å²) in [5.41, 5.74) is 4.70. The van der Waals surface area contributed by atoms with Crippen LogP contribution in [0.15, 0.2) is 71.4 Å². The molecule has 0 aliphatic rings. The Morgan fingerprint density at radius 2 is 1.71 bits per heavy atom. The molecule has 24 heavy (non-hydrogen) atoms. The SMILES string of the molecule is Cc1cc2ccc3c4cccc(-c5ccccn5)c4oc3c2cn1. The predicted molar refractivity (Wildman–Crippen MR) is 97.0 cm³/mol. The van der Waals surface area contributed by atoms with Gasteiger partial charge in [-0.2, -0.15) is 0 Å². The van der Waals surface area contributed by atoms with E-state index in [1.807, 2.05) is 31.3 Å². The highest BCUT2D eigenvalue weighted by Gasteiger charge is 2.14. The first-order valence-corrected chi connectivity index (χ1v) is 7.93. The van der Waals surface area contributed by atoms with Gasteiger partial charge in [0, 0.05) is 39.8 Å². The molecule has 0 atom stereocenters. The highest BCUT2D eigenvalue weighted by Crippen LogP contribution is 2.37. The van der Waals surface area contributed by atoms with Crippen molar-refractivity contribution in [3.63, 3.8) is 0 Å². The number of para-hydroxylation sites is 1. The van der Waals surface area contributed by atoms with Crippen LogP contribution in [0.25, 0.3) is 44.0 Å². The Morgan fingerprint density at radius 1 is 0.792 bits per heavy atom. The summed E-state index contributed by atoms with van der Waals surface area (Å²) in [7, 11) is 0. The van der Waals surface area contributed by atoms with Crippen LogP contribution in [0.2, 0.25) is 0 Å². The monoisotopic (exact) mass is 310 g/mol. The Balaban J connectivity index is 1.92. The number of hydrogen-bond acceptors (Lipinski definition) is 3. The lowest BCUT2D eigenvalue weighted by molar-refractivity contribution is 0.673. The third-order valence-corrected chi connectivity index (χ3v) is 4.44. The molecule has 0 radical (unpaired) electrons. The number of rotatable bonds is 1. The van der Waals surface area contributed by atoms with Crippen molar-refractivity contribution >= 4 is 32.7 Å². The van der Waals surface area contributed by atoms with Crippen LogP contribution in [0, 0.1) is 6.92 Å². The first kappa shape index (κ1) is 13.3. The minimum atomic E-state index is 0.874. The van der Waals surface area contributed by atoms with E-state index < -0.39 is 0 Å². The van der Waals surface area contributed by atoms with Gasteiger partial charge in [-0.3, -0.25) is 9.97 Å². The molecule has 0 unspecified atom stereocenters. The van der Waals surface area contributed by atoms with E-state index in [-0.39, 0.29) is 0 Å². The van der Waals surface area contributed by atoms with Gasteiger partial charge in [0.05, 0.1) is 5.69 Å². The maximum atomic E-state index is 6.31. The smallest absolute Gasteiger partial charge is 0.144 e. The lowest BCUT2D eigenvalue weighted by Crippen LogP contribution is -1.81. The van der Waals surface area contributed by atoms with Crippen LogP contribution in [-0.4, -0.2) is 9.97 Å². The summed E-state index contributed by atoms with van der Waals surface area (Å²) >= 11 is 0.